The van der Waals surface area contributed by atoms with Crippen LogP contribution in [0.2, 0.25) is 0 Å². The van der Waals surface area contributed by atoms with Gasteiger partial charge >= 0.3 is 0 Å². The van der Waals surface area contributed by atoms with Gasteiger partial charge < -0.3 is 5.32 Å². The normalized spacial score (nSPS) is 22.9. The monoisotopic (exact) mass is 286 g/mol. The van der Waals surface area contributed by atoms with Gasteiger partial charge in [-0.3, -0.25) is 14.5 Å². The number of nitrogens with zero attached hydrogens (tertiary/aromatic N) is 1. The van der Waals surface area contributed by atoms with Crippen molar-refractivity contribution < 1.29 is 22.8 Å². The zero-order valence-electron chi connectivity index (χ0n) is 11.0. The number of piperazine rings is 1. The summed E-state index contributed by atoms with van der Waals surface area (Å²) < 4.78 is 39.9. The standard InChI is InChI=1S/C13H13F3N2O2/c1-3-13(2)12(20)18(6-11(19)17-13)10-5-8(15)7(14)4-9(10)16/h4-5H,3,6H2,1-2H3,(H,17,19). The molecule has 7 heteroatoms. The fourth-order valence-electron chi connectivity index (χ4n) is 2.07. The number of hydrogen-bond donors (Lipinski definition) is 1. The lowest BCUT2D eigenvalue weighted by molar-refractivity contribution is -0.135. The Labute approximate surface area is 113 Å². The van der Waals surface area contributed by atoms with Crippen molar-refractivity contribution in [3.63, 3.8) is 0 Å². The molecule has 1 unspecified atom stereocenters. The Bertz CT molecular complexity index is 591. The second-order valence-corrected chi connectivity index (χ2v) is 4.84. The molecule has 2 rings (SSSR count). The molecule has 1 aliphatic rings. The molecule has 1 saturated heterocycles. The topological polar surface area (TPSA) is 49.4 Å². The zero-order chi connectivity index (χ0) is 15.1. The third-order valence-electron chi connectivity index (χ3n) is 3.42. The van der Waals surface area contributed by atoms with Crippen molar-refractivity contribution in [3.05, 3.63) is 29.6 Å². The van der Waals surface area contributed by atoms with Gasteiger partial charge in [-0.2, -0.15) is 0 Å². The largest absolute Gasteiger partial charge is 0.340 e. The Morgan fingerprint density at radius 1 is 1.20 bits per heavy atom. The van der Waals surface area contributed by atoms with Crippen molar-refractivity contribution in [2.75, 3.05) is 11.4 Å². The molecule has 0 radical (unpaired) electrons. The Morgan fingerprint density at radius 3 is 2.40 bits per heavy atom. The van der Waals surface area contributed by atoms with Crippen LogP contribution in [-0.4, -0.2) is 23.9 Å². The van der Waals surface area contributed by atoms with Gasteiger partial charge in [-0.25, -0.2) is 13.2 Å². The van der Waals surface area contributed by atoms with Gasteiger partial charge in [-0.15, -0.1) is 0 Å². The first kappa shape index (κ1) is 14.4. The lowest BCUT2D eigenvalue weighted by Crippen LogP contribution is -2.65. The average Bonchev–Trinajstić information content (AvgIpc) is 2.38. The maximum absolute atomic E-state index is 13.7. The van der Waals surface area contributed by atoms with Crippen molar-refractivity contribution in [3.8, 4) is 0 Å². The smallest absolute Gasteiger partial charge is 0.253 e. The van der Waals surface area contributed by atoms with Crippen molar-refractivity contribution in [1.29, 1.82) is 0 Å². The predicted molar refractivity (Wildman–Crippen MR) is 65.5 cm³/mol. The highest BCUT2D eigenvalue weighted by Crippen LogP contribution is 2.27. The first-order chi connectivity index (χ1) is 9.28. The summed E-state index contributed by atoms with van der Waals surface area (Å²) >= 11 is 0. The van der Waals surface area contributed by atoms with Crippen LogP contribution in [-0.2, 0) is 9.59 Å². The van der Waals surface area contributed by atoms with E-state index in [2.05, 4.69) is 5.32 Å². The molecule has 0 aliphatic carbocycles. The van der Waals surface area contributed by atoms with E-state index in [9.17, 15) is 22.8 Å². The van der Waals surface area contributed by atoms with E-state index in [4.69, 9.17) is 0 Å². The van der Waals surface area contributed by atoms with E-state index in [1.807, 2.05) is 0 Å². The number of amides is 2. The minimum atomic E-state index is -1.35. The third-order valence-corrected chi connectivity index (χ3v) is 3.42. The Morgan fingerprint density at radius 2 is 1.80 bits per heavy atom. The van der Waals surface area contributed by atoms with Crippen LogP contribution in [0.4, 0.5) is 18.9 Å². The Hall–Kier alpha value is -2.05. The van der Waals surface area contributed by atoms with Gasteiger partial charge in [0.05, 0.1) is 5.69 Å². The molecule has 0 spiro atoms. The zero-order valence-corrected chi connectivity index (χ0v) is 11.0. The number of benzene rings is 1. The van der Waals surface area contributed by atoms with Gasteiger partial charge in [-0.05, 0) is 13.3 Å². The number of carbonyl (C=O) groups excluding carboxylic acids is 2. The van der Waals surface area contributed by atoms with Gasteiger partial charge in [-0.1, -0.05) is 6.92 Å². The first-order valence-electron chi connectivity index (χ1n) is 6.06. The highest BCUT2D eigenvalue weighted by atomic mass is 19.2. The predicted octanol–water partition coefficient (Wildman–Crippen LogP) is 1.74. The van der Waals surface area contributed by atoms with Crippen LogP contribution >= 0.6 is 0 Å². The van der Waals surface area contributed by atoms with E-state index in [0.29, 0.717) is 18.6 Å². The van der Waals surface area contributed by atoms with Crippen LogP contribution < -0.4 is 10.2 Å². The minimum absolute atomic E-state index is 0.291. The molecular formula is C13H13F3N2O2. The van der Waals surface area contributed by atoms with E-state index in [1.165, 1.54) is 6.92 Å². The summed E-state index contributed by atoms with van der Waals surface area (Å²) in [6.07, 6.45) is 0.291. The minimum Gasteiger partial charge on any atom is -0.340 e. The molecule has 1 fully saturated rings. The lowest BCUT2D eigenvalue weighted by Gasteiger charge is -2.39. The molecule has 4 nitrogen and oxygen atoms in total. The van der Waals surface area contributed by atoms with Crippen LogP contribution in [0.5, 0.6) is 0 Å². The number of rotatable bonds is 2. The quantitative estimate of drug-likeness (QED) is 0.842. The Balaban J connectivity index is 2.49. The molecule has 1 heterocycles. The summed E-state index contributed by atoms with van der Waals surface area (Å²) in [6.45, 7) is 2.75. The number of hydrogen-bond acceptors (Lipinski definition) is 2. The molecule has 0 aromatic heterocycles. The van der Waals surface area contributed by atoms with Crippen molar-refractivity contribution >= 4 is 17.5 Å². The van der Waals surface area contributed by atoms with Gasteiger partial charge in [0.15, 0.2) is 11.6 Å². The number of halogens is 3. The molecule has 108 valence electrons. The number of nitrogens with one attached hydrogen (secondary N) is 1. The molecule has 20 heavy (non-hydrogen) atoms. The van der Waals surface area contributed by atoms with E-state index >= 15 is 0 Å². The second kappa shape index (κ2) is 4.81. The molecule has 1 atom stereocenters. The highest BCUT2D eigenvalue weighted by molar-refractivity contribution is 6.08. The molecule has 0 saturated carbocycles. The van der Waals surface area contributed by atoms with Crippen LogP contribution in [0.25, 0.3) is 0 Å². The highest BCUT2D eigenvalue weighted by Gasteiger charge is 2.43. The lowest BCUT2D eigenvalue weighted by atomic mass is 9.94. The molecule has 1 aromatic rings. The van der Waals surface area contributed by atoms with Gasteiger partial charge in [0.25, 0.3) is 5.91 Å². The molecule has 2 amide bonds. The number of carbonyl (C=O) groups is 2. The maximum Gasteiger partial charge on any atom is 0.253 e. The number of anilines is 1. The van der Waals surface area contributed by atoms with Gasteiger partial charge in [0.1, 0.15) is 17.9 Å². The fraction of sp³-hybridized carbons (Fsp3) is 0.385. The summed E-state index contributed by atoms with van der Waals surface area (Å²) in [7, 11) is 0. The van der Waals surface area contributed by atoms with Crippen LogP contribution in [0.15, 0.2) is 12.1 Å². The van der Waals surface area contributed by atoms with Crippen molar-refractivity contribution in [2.24, 2.45) is 0 Å². The van der Waals surface area contributed by atoms with E-state index in [0.717, 1.165) is 4.90 Å². The second-order valence-electron chi connectivity index (χ2n) is 4.84. The summed E-state index contributed by atoms with van der Waals surface area (Å²) in [5.41, 5.74) is -1.63. The van der Waals surface area contributed by atoms with Crippen LogP contribution in [0.3, 0.4) is 0 Å². The van der Waals surface area contributed by atoms with Crippen LogP contribution in [0, 0.1) is 17.5 Å². The maximum atomic E-state index is 13.7. The molecule has 1 aliphatic heterocycles. The summed E-state index contributed by atoms with van der Waals surface area (Å²) in [4.78, 5) is 24.8. The molecular weight excluding hydrogens is 273 g/mol. The van der Waals surface area contributed by atoms with Crippen molar-refractivity contribution in [2.45, 2.75) is 25.8 Å². The SMILES string of the molecule is CCC1(C)NC(=O)CN(c2cc(F)c(F)cc2F)C1=O. The molecule has 1 N–H and O–H groups in total. The third kappa shape index (κ3) is 2.23. The van der Waals surface area contributed by atoms with E-state index in [-0.39, 0.29) is 0 Å². The van der Waals surface area contributed by atoms with Gasteiger partial charge in [0, 0.05) is 12.1 Å². The van der Waals surface area contributed by atoms with E-state index < -0.39 is 47.0 Å². The van der Waals surface area contributed by atoms with Crippen molar-refractivity contribution in [1.82, 2.24) is 5.32 Å². The summed E-state index contributed by atoms with van der Waals surface area (Å²) in [6, 6.07) is 0.936. The van der Waals surface area contributed by atoms with E-state index in [1.54, 1.807) is 6.92 Å². The molecule has 0 bridgehead atoms. The summed E-state index contributed by atoms with van der Waals surface area (Å²) in [5.74, 6) is -4.77. The van der Waals surface area contributed by atoms with Gasteiger partial charge in [0.2, 0.25) is 5.91 Å². The van der Waals surface area contributed by atoms with Crippen LogP contribution in [0.1, 0.15) is 20.3 Å². The average molecular weight is 286 g/mol. The first-order valence-corrected chi connectivity index (χ1v) is 6.06. The molecule has 1 aromatic carbocycles. The Kier molecular flexibility index (Phi) is 3.45. The fourth-order valence-corrected chi connectivity index (χ4v) is 2.07. The summed E-state index contributed by atoms with van der Waals surface area (Å²) in [5, 5.41) is 2.52.